The Labute approximate surface area is 248 Å². The zero-order chi connectivity index (χ0) is 28.8. The van der Waals surface area contributed by atoms with Crippen molar-refractivity contribution in [2.24, 2.45) is 14.1 Å². The van der Waals surface area contributed by atoms with Crippen LogP contribution in [0.15, 0.2) is 66.2 Å². The van der Waals surface area contributed by atoms with Crippen molar-refractivity contribution < 1.29 is 13.6 Å². The molecule has 218 valence electrons. The average Bonchev–Trinajstić information content (AvgIpc) is 3.27. The Morgan fingerprint density at radius 2 is 1.57 bits per heavy atom. The maximum atomic E-state index is 2.55. The second kappa shape index (κ2) is 16.6. The summed E-state index contributed by atoms with van der Waals surface area (Å²) in [6, 6.07) is 15.6. The van der Waals surface area contributed by atoms with Crippen molar-refractivity contribution in [3.05, 3.63) is 72.3 Å². The number of hydrogen-bond acceptors (Lipinski definition) is 2. The molecule has 0 bridgehead atoms. The van der Waals surface area contributed by atoms with Crippen LogP contribution in [-0.2, 0) is 20.6 Å². The Hall–Kier alpha value is -2.57. The zero-order valence-electron chi connectivity index (χ0n) is 26.1. The van der Waals surface area contributed by atoms with Crippen LogP contribution in [0, 0.1) is 0 Å². The van der Waals surface area contributed by atoms with Crippen LogP contribution in [-0.4, -0.2) is 55.1 Å². The van der Waals surface area contributed by atoms with Gasteiger partial charge in [-0.15, -0.1) is 0 Å². The number of anilines is 1. The van der Waals surface area contributed by atoms with Gasteiger partial charge in [0.05, 0.1) is 47.7 Å². The number of hydrogen-bond donors (Lipinski definition) is 0. The second-order valence-electron chi connectivity index (χ2n) is 11.7. The summed E-state index contributed by atoms with van der Waals surface area (Å²) in [5, 5.41) is 1.32. The molecule has 0 aliphatic heterocycles. The molecule has 3 aromatic rings. The smallest absolute Gasteiger partial charge is 0.317 e. The van der Waals surface area contributed by atoms with E-state index in [1.807, 2.05) is 11.8 Å². The summed E-state index contributed by atoms with van der Waals surface area (Å²) in [5.74, 6) is 1.16. The normalized spacial score (nSPS) is 11.9. The van der Waals surface area contributed by atoms with Crippen LogP contribution in [0.1, 0.15) is 63.6 Å². The van der Waals surface area contributed by atoms with E-state index in [1.165, 1.54) is 73.7 Å². The number of unbranched alkanes of at least 4 members (excludes halogenated alkanes) is 2. The van der Waals surface area contributed by atoms with E-state index in [1.54, 1.807) is 0 Å². The Morgan fingerprint density at radius 3 is 2.23 bits per heavy atom. The van der Waals surface area contributed by atoms with Crippen molar-refractivity contribution in [3.8, 4) is 0 Å². The van der Waals surface area contributed by atoms with Gasteiger partial charge < -0.3 is 9.38 Å². The average molecular weight is 565 g/mol. The van der Waals surface area contributed by atoms with Gasteiger partial charge in [-0.25, -0.2) is 9.13 Å². The minimum absolute atomic E-state index is 1.04. The predicted octanol–water partition coefficient (Wildman–Crippen LogP) is 6.36. The fourth-order valence-electron chi connectivity index (χ4n) is 5.11. The molecule has 0 saturated carbocycles. The van der Waals surface area contributed by atoms with Crippen molar-refractivity contribution in [3.63, 3.8) is 0 Å². The first-order chi connectivity index (χ1) is 19.3. The molecule has 0 fully saturated rings. The van der Waals surface area contributed by atoms with Crippen molar-refractivity contribution in [1.29, 1.82) is 0 Å². The zero-order valence-corrected chi connectivity index (χ0v) is 26.9. The third-order valence-electron chi connectivity index (χ3n) is 7.66. The van der Waals surface area contributed by atoms with Crippen LogP contribution in [0.5, 0.6) is 0 Å². The van der Waals surface area contributed by atoms with Crippen LogP contribution in [0.3, 0.4) is 0 Å². The van der Waals surface area contributed by atoms with Gasteiger partial charge in [0.2, 0.25) is 5.69 Å². The molecule has 2 aromatic heterocycles. The number of benzene rings is 1. The summed E-state index contributed by atoms with van der Waals surface area (Å²) in [6.07, 6.45) is 18.4. The van der Waals surface area contributed by atoms with Gasteiger partial charge in [0.1, 0.15) is 12.4 Å². The van der Waals surface area contributed by atoms with E-state index in [2.05, 4.69) is 134 Å². The first kappa shape index (κ1) is 32.0. The molecule has 0 aliphatic carbocycles. The molecule has 40 heavy (non-hydrogen) atoms. The van der Waals surface area contributed by atoms with Gasteiger partial charge in [0.15, 0.2) is 12.7 Å². The monoisotopic (exact) mass is 564 g/mol. The molecule has 3 rings (SSSR count). The molecule has 0 N–H and O–H groups in total. The molecule has 5 nitrogen and oxygen atoms in total. The van der Waals surface area contributed by atoms with Crippen molar-refractivity contribution in [2.75, 3.05) is 50.9 Å². The summed E-state index contributed by atoms with van der Waals surface area (Å²) in [5.41, 5.74) is 3.86. The maximum absolute atomic E-state index is 2.55. The first-order valence-electron chi connectivity index (χ1n) is 15.3. The van der Waals surface area contributed by atoms with Crippen molar-refractivity contribution in [2.45, 2.75) is 64.1 Å². The lowest BCUT2D eigenvalue weighted by Gasteiger charge is -2.29. The number of quaternary nitrogens is 1. The second-order valence-corrected chi connectivity index (χ2v) is 12.7. The van der Waals surface area contributed by atoms with Gasteiger partial charge in [-0.05, 0) is 54.4 Å². The number of rotatable bonds is 18. The summed E-state index contributed by atoms with van der Waals surface area (Å²) in [7, 11) is 9.00. The van der Waals surface area contributed by atoms with Gasteiger partial charge >= 0.3 is 5.16 Å². The number of pyridine rings is 1. The van der Waals surface area contributed by atoms with Crippen LogP contribution in [0.2, 0.25) is 0 Å². The SMILES string of the molecule is CCCCN(CCCC)c1ccc(/C=C/c2cccc[n+]2CCC[N+](C)(C)CCCSc2n(C)cc[n+]2C)cc1. The summed E-state index contributed by atoms with van der Waals surface area (Å²) < 4.78 is 7.88. The van der Waals surface area contributed by atoms with Gasteiger partial charge in [-0.2, -0.15) is 4.57 Å². The van der Waals surface area contributed by atoms with Crippen LogP contribution < -0.4 is 14.0 Å². The van der Waals surface area contributed by atoms with E-state index >= 15 is 0 Å². The van der Waals surface area contributed by atoms with Gasteiger partial charge in [0, 0.05) is 49.2 Å². The third-order valence-corrected chi connectivity index (χ3v) is 8.99. The highest BCUT2D eigenvalue weighted by Gasteiger charge is 2.18. The number of thioether (sulfide) groups is 1. The summed E-state index contributed by atoms with van der Waals surface area (Å²) in [4.78, 5) is 2.55. The summed E-state index contributed by atoms with van der Waals surface area (Å²) >= 11 is 1.96. The van der Waals surface area contributed by atoms with Crippen molar-refractivity contribution >= 4 is 29.6 Å². The first-order valence-corrected chi connectivity index (χ1v) is 16.3. The number of aryl methyl sites for hydroxylation is 3. The Morgan fingerprint density at radius 1 is 0.875 bits per heavy atom. The standard InChI is InChI=1S/C34H54N5S/c1-7-9-22-37(23-10-8-2)33-20-17-31(18-21-33)16-19-32-15-11-12-24-38(32)25-13-28-39(5,6)29-14-30-40-34-35(3)26-27-36(34)4/h11-12,15-21,24,26-27H,7-10,13-14,22-23,25,28-30H2,1-6H3/q+3. The van der Waals surface area contributed by atoms with E-state index in [9.17, 15) is 0 Å². The molecule has 0 atom stereocenters. The highest BCUT2D eigenvalue weighted by atomic mass is 32.2. The lowest BCUT2D eigenvalue weighted by atomic mass is 10.1. The van der Waals surface area contributed by atoms with E-state index in [4.69, 9.17) is 0 Å². The number of imidazole rings is 1. The van der Waals surface area contributed by atoms with Crippen molar-refractivity contribution in [1.82, 2.24) is 4.57 Å². The fraction of sp³-hybridized carbons (Fsp3) is 0.529. The Balaban J connectivity index is 1.50. The quantitative estimate of drug-likeness (QED) is 0.0773. The Kier molecular flexibility index (Phi) is 13.3. The minimum atomic E-state index is 1.04. The summed E-state index contributed by atoms with van der Waals surface area (Å²) in [6.45, 7) is 10.3. The molecule has 0 saturated heterocycles. The molecule has 0 unspecified atom stereocenters. The largest absolute Gasteiger partial charge is 0.372 e. The molecule has 0 spiro atoms. The number of aromatic nitrogens is 3. The van der Waals surface area contributed by atoms with Crippen LogP contribution >= 0.6 is 11.8 Å². The van der Waals surface area contributed by atoms with Gasteiger partial charge in [0.25, 0.3) is 0 Å². The Bertz CT molecular complexity index is 1140. The van der Waals surface area contributed by atoms with E-state index < -0.39 is 0 Å². The van der Waals surface area contributed by atoms with Gasteiger partial charge in [-0.1, -0.05) is 38.8 Å². The molecular weight excluding hydrogens is 510 g/mol. The lowest BCUT2D eigenvalue weighted by Crippen LogP contribution is -2.44. The fourth-order valence-corrected chi connectivity index (χ4v) is 6.09. The highest BCUT2D eigenvalue weighted by Crippen LogP contribution is 2.19. The topological polar surface area (TPSA) is 15.9 Å². The molecular formula is C34H54N5S+3. The maximum Gasteiger partial charge on any atom is 0.317 e. The molecule has 0 amide bonds. The lowest BCUT2D eigenvalue weighted by molar-refractivity contribution is -0.892. The molecule has 1 aromatic carbocycles. The molecule has 0 aliphatic rings. The van der Waals surface area contributed by atoms with Crippen LogP contribution in [0.4, 0.5) is 5.69 Å². The van der Waals surface area contributed by atoms with Crippen LogP contribution in [0.25, 0.3) is 12.2 Å². The molecule has 0 radical (unpaired) electrons. The van der Waals surface area contributed by atoms with E-state index in [-0.39, 0.29) is 0 Å². The minimum Gasteiger partial charge on any atom is -0.372 e. The van der Waals surface area contributed by atoms with Gasteiger partial charge in [-0.3, -0.25) is 0 Å². The third kappa shape index (κ3) is 10.4. The number of nitrogens with zero attached hydrogens (tertiary/aromatic N) is 5. The van der Waals surface area contributed by atoms with E-state index in [0.717, 1.165) is 29.9 Å². The molecule has 6 heteroatoms. The molecule has 2 heterocycles. The highest BCUT2D eigenvalue weighted by molar-refractivity contribution is 7.99. The van der Waals surface area contributed by atoms with E-state index in [0.29, 0.717) is 0 Å². The predicted molar refractivity (Wildman–Crippen MR) is 172 cm³/mol.